The van der Waals surface area contributed by atoms with Crippen LogP contribution >= 0.6 is 0 Å². The van der Waals surface area contributed by atoms with Crippen LogP contribution < -0.4 is 19.6 Å². The van der Waals surface area contributed by atoms with Crippen LogP contribution in [0.15, 0.2) is 66.3 Å². The molecule has 2 aromatic rings. The predicted molar refractivity (Wildman–Crippen MR) is 94.2 cm³/mol. The van der Waals surface area contributed by atoms with Gasteiger partial charge in [-0.1, -0.05) is 36.9 Å². The molecule has 1 aliphatic heterocycles. The van der Waals surface area contributed by atoms with Crippen molar-refractivity contribution in [3.05, 3.63) is 66.7 Å². The van der Waals surface area contributed by atoms with E-state index < -0.39 is 6.10 Å². The second-order valence-corrected chi connectivity index (χ2v) is 5.27. The molecule has 1 heterocycles. The monoisotopic (exact) mass is 338 g/mol. The van der Waals surface area contributed by atoms with Gasteiger partial charge in [0.25, 0.3) is 5.91 Å². The summed E-state index contributed by atoms with van der Waals surface area (Å²) in [6.07, 6.45) is 2.47. The molecule has 25 heavy (non-hydrogen) atoms. The standard InChI is InChI=1S/C19H18N2O4/c1-2-10-23-15-7-5-6-14(11-15)12-20-21-19(22)18-13-24-16-8-3-4-9-17(16)25-18/h2-9,11-12,18H,1,10,13H2,(H,21,22)/b20-12-/t18-/m1/s1. The van der Waals surface area contributed by atoms with E-state index in [1.807, 2.05) is 36.4 Å². The van der Waals surface area contributed by atoms with Crippen molar-refractivity contribution < 1.29 is 19.0 Å². The van der Waals surface area contributed by atoms with Gasteiger partial charge in [0.1, 0.15) is 19.0 Å². The average molecular weight is 338 g/mol. The lowest BCUT2D eigenvalue weighted by Gasteiger charge is -2.24. The molecule has 0 aromatic heterocycles. The summed E-state index contributed by atoms with van der Waals surface area (Å²) in [5, 5.41) is 3.96. The summed E-state index contributed by atoms with van der Waals surface area (Å²) >= 11 is 0. The molecule has 1 N–H and O–H groups in total. The second kappa shape index (κ2) is 8.01. The summed E-state index contributed by atoms with van der Waals surface area (Å²) in [6, 6.07) is 14.6. The Morgan fingerprint density at radius 3 is 2.96 bits per heavy atom. The largest absolute Gasteiger partial charge is 0.490 e. The highest BCUT2D eigenvalue weighted by Gasteiger charge is 2.26. The number of para-hydroxylation sites is 2. The Balaban J connectivity index is 1.56. The normalized spacial score (nSPS) is 15.6. The maximum atomic E-state index is 12.1. The number of hydrazone groups is 1. The number of carbonyl (C=O) groups excluding carboxylic acids is 1. The number of amides is 1. The van der Waals surface area contributed by atoms with Crippen LogP contribution in [-0.4, -0.2) is 31.4 Å². The fourth-order valence-electron chi connectivity index (χ4n) is 2.23. The predicted octanol–water partition coefficient (Wildman–Crippen LogP) is 2.54. The number of benzene rings is 2. The lowest BCUT2D eigenvalue weighted by Crippen LogP contribution is -2.42. The summed E-state index contributed by atoms with van der Waals surface area (Å²) in [7, 11) is 0. The first-order chi connectivity index (χ1) is 12.3. The fourth-order valence-corrected chi connectivity index (χ4v) is 2.23. The first-order valence-electron chi connectivity index (χ1n) is 7.81. The third-order valence-electron chi connectivity index (χ3n) is 3.42. The molecule has 1 atom stereocenters. The van der Waals surface area contributed by atoms with E-state index in [1.165, 1.54) is 6.21 Å². The van der Waals surface area contributed by atoms with Crippen LogP contribution in [0.2, 0.25) is 0 Å². The topological polar surface area (TPSA) is 69.2 Å². The number of fused-ring (bicyclic) bond motifs is 1. The zero-order valence-electron chi connectivity index (χ0n) is 13.6. The minimum Gasteiger partial charge on any atom is -0.490 e. The Morgan fingerprint density at radius 2 is 2.12 bits per heavy atom. The summed E-state index contributed by atoms with van der Waals surface area (Å²) in [5.74, 6) is 1.51. The van der Waals surface area contributed by atoms with Gasteiger partial charge in [-0.3, -0.25) is 4.79 Å². The van der Waals surface area contributed by atoms with Crippen LogP contribution in [0.25, 0.3) is 0 Å². The number of hydrogen-bond donors (Lipinski definition) is 1. The van der Waals surface area contributed by atoms with Gasteiger partial charge in [-0.2, -0.15) is 5.10 Å². The molecule has 6 nitrogen and oxygen atoms in total. The molecule has 6 heteroatoms. The van der Waals surface area contributed by atoms with E-state index in [0.717, 1.165) is 5.56 Å². The molecule has 0 saturated heterocycles. The van der Waals surface area contributed by atoms with Crippen molar-refractivity contribution in [2.75, 3.05) is 13.2 Å². The van der Waals surface area contributed by atoms with Gasteiger partial charge in [-0.15, -0.1) is 0 Å². The van der Waals surface area contributed by atoms with Crippen molar-refractivity contribution in [3.8, 4) is 17.2 Å². The maximum absolute atomic E-state index is 12.1. The van der Waals surface area contributed by atoms with Gasteiger partial charge in [-0.25, -0.2) is 5.43 Å². The highest BCUT2D eigenvalue weighted by molar-refractivity contribution is 5.85. The van der Waals surface area contributed by atoms with Crippen LogP contribution in [0.1, 0.15) is 5.56 Å². The molecule has 0 bridgehead atoms. The first kappa shape index (κ1) is 16.6. The smallest absolute Gasteiger partial charge is 0.284 e. The van der Waals surface area contributed by atoms with Crippen molar-refractivity contribution in [3.63, 3.8) is 0 Å². The van der Waals surface area contributed by atoms with Gasteiger partial charge in [0.05, 0.1) is 6.21 Å². The minimum absolute atomic E-state index is 0.142. The zero-order valence-corrected chi connectivity index (χ0v) is 13.6. The van der Waals surface area contributed by atoms with Gasteiger partial charge in [-0.05, 0) is 29.8 Å². The van der Waals surface area contributed by atoms with Crippen molar-refractivity contribution in [1.29, 1.82) is 0 Å². The Bertz CT molecular complexity index is 788. The van der Waals surface area contributed by atoms with E-state index in [4.69, 9.17) is 14.2 Å². The van der Waals surface area contributed by atoms with Gasteiger partial charge >= 0.3 is 0 Å². The molecule has 0 spiro atoms. The van der Waals surface area contributed by atoms with Crippen LogP contribution in [-0.2, 0) is 4.79 Å². The molecule has 128 valence electrons. The third-order valence-corrected chi connectivity index (χ3v) is 3.42. The Labute approximate surface area is 145 Å². The molecule has 0 radical (unpaired) electrons. The summed E-state index contributed by atoms with van der Waals surface area (Å²) in [5.41, 5.74) is 3.26. The molecular weight excluding hydrogens is 320 g/mol. The number of ether oxygens (including phenoxy) is 3. The molecule has 1 amide bonds. The maximum Gasteiger partial charge on any atom is 0.284 e. The number of rotatable bonds is 6. The zero-order chi connectivity index (χ0) is 17.5. The highest BCUT2D eigenvalue weighted by atomic mass is 16.6. The van der Waals surface area contributed by atoms with Gasteiger partial charge in [0.2, 0.25) is 6.10 Å². The molecule has 0 unspecified atom stereocenters. The SMILES string of the molecule is C=CCOc1cccc(/C=N\NC(=O)[C@H]2COc3ccccc3O2)c1. The number of hydrogen-bond acceptors (Lipinski definition) is 5. The van der Waals surface area contributed by atoms with E-state index in [0.29, 0.717) is 23.9 Å². The molecule has 2 aromatic carbocycles. The van der Waals surface area contributed by atoms with E-state index in [-0.39, 0.29) is 12.5 Å². The fraction of sp³-hybridized carbons (Fsp3) is 0.158. The summed E-state index contributed by atoms with van der Waals surface area (Å²) < 4.78 is 16.6. The second-order valence-electron chi connectivity index (χ2n) is 5.27. The first-order valence-corrected chi connectivity index (χ1v) is 7.81. The van der Waals surface area contributed by atoms with Crippen LogP contribution in [0.5, 0.6) is 17.2 Å². The van der Waals surface area contributed by atoms with Crippen molar-refractivity contribution >= 4 is 12.1 Å². The van der Waals surface area contributed by atoms with Crippen molar-refractivity contribution in [1.82, 2.24) is 5.43 Å². The average Bonchev–Trinajstić information content (AvgIpc) is 2.66. The summed E-state index contributed by atoms with van der Waals surface area (Å²) in [4.78, 5) is 12.1. The number of nitrogens with one attached hydrogen (secondary N) is 1. The third kappa shape index (κ3) is 4.38. The molecule has 1 aliphatic rings. The van der Waals surface area contributed by atoms with Crippen LogP contribution in [0.3, 0.4) is 0 Å². The molecule has 0 saturated carbocycles. The van der Waals surface area contributed by atoms with E-state index >= 15 is 0 Å². The molecular formula is C19H18N2O4. The van der Waals surface area contributed by atoms with E-state index in [1.54, 1.807) is 18.2 Å². The minimum atomic E-state index is -0.741. The van der Waals surface area contributed by atoms with Crippen molar-refractivity contribution in [2.24, 2.45) is 5.10 Å². The van der Waals surface area contributed by atoms with Gasteiger partial charge in [0, 0.05) is 0 Å². The lowest BCUT2D eigenvalue weighted by atomic mass is 10.2. The number of carbonyl (C=O) groups is 1. The molecule has 0 aliphatic carbocycles. The molecule has 3 rings (SSSR count). The van der Waals surface area contributed by atoms with Gasteiger partial charge < -0.3 is 14.2 Å². The lowest BCUT2D eigenvalue weighted by molar-refractivity contribution is -0.130. The summed E-state index contributed by atoms with van der Waals surface area (Å²) in [6.45, 7) is 4.18. The van der Waals surface area contributed by atoms with Crippen LogP contribution in [0.4, 0.5) is 0 Å². The Hall–Kier alpha value is -3.28. The van der Waals surface area contributed by atoms with E-state index in [9.17, 15) is 4.79 Å². The van der Waals surface area contributed by atoms with Crippen molar-refractivity contribution in [2.45, 2.75) is 6.10 Å². The molecule has 0 fully saturated rings. The Morgan fingerprint density at radius 1 is 1.28 bits per heavy atom. The van der Waals surface area contributed by atoms with Gasteiger partial charge in [0.15, 0.2) is 11.5 Å². The van der Waals surface area contributed by atoms with E-state index in [2.05, 4.69) is 17.1 Å². The highest BCUT2D eigenvalue weighted by Crippen LogP contribution is 2.30. The van der Waals surface area contributed by atoms with Crippen LogP contribution in [0, 0.1) is 0 Å². The number of nitrogens with zero attached hydrogens (tertiary/aromatic N) is 1. The Kier molecular flexibility index (Phi) is 5.31. The quantitative estimate of drug-likeness (QED) is 0.499.